The van der Waals surface area contributed by atoms with Gasteiger partial charge in [-0.25, -0.2) is 0 Å². The van der Waals surface area contributed by atoms with Crippen LogP contribution in [0.15, 0.2) is 164 Å². The van der Waals surface area contributed by atoms with Crippen LogP contribution in [-0.2, 0) is 0 Å². The van der Waals surface area contributed by atoms with E-state index in [1.807, 2.05) is 0 Å². The average molecular weight is 546 g/mol. The van der Waals surface area contributed by atoms with Gasteiger partial charge in [0.2, 0.25) is 0 Å². The van der Waals surface area contributed by atoms with Crippen molar-refractivity contribution in [1.82, 2.24) is 0 Å². The van der Waals surface area contributed by atoms with Crippen LogP contribution in [0.25, 0.3) is 64.6 Å². The van der Waals surface area contributed by atoms with Gasteiger partial charge in [-0.3, -0.25) is 0 Å². The molecule has 43 heavy (non-hydrogen) atoms. The minimum Gasteiger partial charge on any atom is -0.310 e. The summed E-state index contributed by atoms with van der Waals surface area (Å²) in [5.41, 5.74) is 3.43. The summed E-state index contributed by atoms with van der Waals surface area (Å²) >= 11 is 0. The lowest BCUT2D eigenvalue weighted by atomic mass is 9.96. The van der Waals surface area contributed by atoms with E-state index in [2.05, 4.69) is 169 Å². The molecule has 0 aliphatic heterocycles. The molecule has 0 radical (unpaired) electrons. The Morgan fingerprint density at radius 3 is 1.09 bits per heavy atom. The minimum atomic E-state index is 1.14. The normalized spacial score (nSPS) is 11.7. The first-order valence-electron chi connectivity index (χ1n) is 14.9. The third kappa shape index (κ3) is 3.79. The molecular weight excluding hydrogens is 518 g/mol. The highest BCUT2D eigenvalue weighted by molar-refractivity contribution is 6.19. The number of hydrogen-bond donors (Lipinski definition) is 0. The van der Waals surface area contributed by atoms with Crippen LogP contribution in [-0.4, -0.2) is 0 Å². The predicted molar refractivity (Wildman–Crippen MR) is 186 cm³/mol. The van der Waals surface area contributed by atoms with E-state index in [9.17, 15) is 0 Å². The van der Waals surface area contributed by atoms with Gasteiger partial charge in [0.25, 0.3) is 0 Å². The smallest absolute Gasteiger partial charge is 0.0468 e. The molecule has 0 spiro atoms. The number of hydrogen-bond acceptors (Lipinski definition) is 1. The lowest BCUT2D eigenvalue weighted by Gasteiger charge is -2.26. The predicted octanol–water partition coefficient (Wildman–Crippen LogP) is 12.1. The fourth-order valence-corrected chi connectivity index (χ4v) is 6.94. The molecule has 1 heteroatoms. The van der Waals surface area contributed by atoms with Crippen LogP contribution >= 0.6 is 0 Å². The number of benzene rings is 9. The van der Waals surface area contributed by atoms with Crippen LogP contribution in [0.5, 0.6) is 0 Å². The molecule has 0 aliphatic rings. The minimum absolute atomic E-state index is 1.14. The second-order valence-electron chi connectivity index (χ2n) is 11.4. The highest BCUT2D eigenvalue weighted by Crippen LogP contribution is 2.40. The fraction of sp³-hybridized carbons (Fsp3) is 0. The van der Waals surface area contributed by atoms with Crippen molar-refractivity contribution >= 4 is 81.7 Å². The molecule has 0 heterocycles. The number of anilines is 3. The Kier molecular flexibility index (Phi) is 5.27. The Bertz CT molecular complexity index is 2350. The van der Waals surface area contributed by atoms with E-state index in [0.29, 0.717) is 0 Å². The van der Waals surface area contributed by atoms with E-state index >= 15 is 0 Å². The maximum Gasteiger partial charge on any atom is 0.0468 e. The lowest BCUT2D eigenvalue weighted by Crippen LogP contribution is -2.09. The van der Waals surface area contributed by atoms with Gasteiger partial charge in [0.05, 0.1) is 0 Å². The summed E-state index contributed by atoms with van der Waals surface area (Å²) in [6.07, 6.45) is 0. The maximum atomic E-state index is 2.37. The first-order valence-corrected chi connectivity index (χ1v) is 14.9. The van der Waals surface area contributed by atoms with Gasteiger partial charge in [-0.15, -0.1) is 0 Å². The van der Waals surface area contributed by atoms with Crippen LogP contribution < -0.4 is 4.90 Å². The molecule has 0 aromatic heterocycles. The van der Waals surface area contributed by atoms with Crippen molar-refractivity contribution in [1.29, 1.82) is 0 Å². The molecule has 0 amide bonds. The molecule has 0 saturated heterocycles. The van der Waals surface area contributed by atoms with Gasteiger partial charge < -0.3 is 4.90 Å². The molecule has 0 atom stereocenters. The molecule has 9 aromatic rings. The molecule has 0 N–H and O–H groups in total. The van der Waals surface area contributed by atoms with E-state index in [-0.39, 0.29) is 0 Å². The van der Waals surface area contributed by atoms with E-state index in [0.717, 1.165) is 17.1 Å². The zero-order chi connectivity index (χ0) is 28.3. The highest BCUT2D eigenvalue weighted by atomic mass is 15.1. The highest BCUT2D eigenvalue weighted by Gasteiger charge is 2.15. The third-order valence-electron chi connectivity index (χ3n) is 8.98. The zero-order valence-corrected chi connectivity index (χ0v) is 23.5. The van der Waals surface area contributed by atoms with Gasteiger partial charge in [-0.1, -0.05) is 127 Å². The molecule has 0 fully saturated rings. The van der Waals surface area contributed by atoms with Gasteiger partial charge in [0.1, 0.15) is 0 Å². The van der Waals surface area contributed by atoms with Crippen molar-refractivity contribution in [2.24, 2.45) is 0 Å². The molecule has 1 nitrogen and oxygen atoms in total. The van der Waals surface area contributed by atoms with E-state index < -0.39 is 0 Å². The number of rotatable bonds is 3. The van der Waals surface area contributed by atoms with E-state index in [4.69, 9.17) is 0 Å². The van der Waals surface area contributed by atoms with Crippen molar-refractivity contribution in [2.75, 3.05) is 4.90 Å². The molecule has 9 rings (SSSR count). The lowest BCUT2D eigenvalue weighted by molar-refractivity contribution is 1.29. The summed E-state index contributed by atoms with van der Waals surface area (Å²) < 4.78 is 0. The quantitative estimate of drug-likeness (QED) is 0.200. The van der Waals surface area contributed by atoms with Gasteiger partial charge >= 0.3 is 0 Å². The maximum absolute atomic E-state index is 2.37. The van der Waals surface area contributed by atoms with Crippen LogP contribution in [0, 0.1) is 0 Å². The summed E-state index contributed by atoms with van der Waals surface area (Å²) in [6, 6.07) is 59.9. The van der Waals surface area contributed by atoms with E-state index in [1.54, 1.807) is 0 Å². The Balaban J connectivity index is 1.22. The summed E-state index contributed by atoms with van der Waals surface area (Å²) in [5, 5.41) is 15.4. The van der Waals surface area contributed by atoms with Crippen molar-refractivity contribution in [2.45, 2.75) is 0 Å². The van der Waals surface area contributed by atoms with Crippen LogP contribution in [0.4, 0.5) is 17.1 Å². The Morgan fingerprint density at radius 2 is 0.605 bits per heavy atom. The fourth-order valence-electron chi connectivity index (χ4n) is 6.94. The standard InChI is InChI=1S/C42H27N/c1-2-10-32(11-3-1)43(33-18-24-37-30(26-33)16-22-39-35-12-6-4-8-28(35)14-20-41(37)39)34-19-25-38-31(27-34)17-23-40-36-13-7-5-9-29(36)15-21-42(38)40/h1-27H. The molecule has 0 bridgehead atoms. The van der Waals surface area contributed by atoms with Gasteiger partial charge in [0, 0.05) is 17.1 Å². The molecular formula is C42H27N. The Hall–Kier alpha value is -5.66. The Labute approximate surface area is 249 Å². The largest absolute Gasteiger partial charge is 0.310 e. The number of fused-ring (bicyclic) bond motifs is 10. The first kappa shape index (κ1) is 24.0. The van der Waals surface area contributed by atoms with Crippen molar-refractivity contribution in [3.63, 3.8) is 0 Å². The van der Waals surface area contributed by atoms with Crippen molar-refractivity contribution in [3.05, 3.63) is 164 Å². The second kappa shape index (κ2) is 9.44. The van der Waals surface area contributed by atoms with Crippen molar-refractivity contribution < 1.29 is 0 Å². The second-order valence-corrected chi connectivity index (χ2v) is 11.4. The summed E-state index contributed by atoms with van der Waals surface area (Å²) in [7, 11) is 0. The first-order chi connectivity index (χ1) is 21.3. The average Bonchev–Trinajstić information content (AvgIpc) is 3.08. The van der Waals surface area contributed by atoms with Gasteiger partial charge in [-0.05, 0) is 101 Å². The Morgan fingerprint density at radius 1 is 0.233 bits per heavy atom. The summed E-state index contributed by atoms with van der Waals surface area (Å²) in [5.74, 6) is 0. The number of para-hydroxylation sites is 1. The van der Waals surface area contributed by atoms with Gasteiger partial charge in [-0.2, -0.15) is 0 Å². The summed E-state index contributed by atoms with van der Waals surface area (Å²) in [6.45, 7) is 0. The topological polar surface area (TPSA) is 3.24 Å². The summed E-state index contributed by atoms with van der Waals surface area (Å²) in [4.78, 5) is 2.37. The molecule has 0 unspecified atom stereocenters. The zero-order valence-electron chi connectivity index (χ0n) is 23.5. The molecule has 0 saturated carbocycles. The SMILES string of the molecule is c1ccc(N(c2ccc3c(ccc4c5ccccc5ccc34)c2)c2ccc3c(ccc4c5ccccc5ccc34)c2)cc1. The van der Waals surface area contributed by atoms with Crippen LogP contribution in [0.2, 0.25) is 0 Å². The molecule has 200 valence electrons. The third-order valence-corrected chi connectivity index (χ3v) is 8.98. The van der Waals surface area contributed by atoms with E-state index in [1.165, 1.54) is 64.6 Å². The monoisotopic (exact) mass is 545 g/mol. The van der Waals surface area contributed by atoms with Crippen LogP contribution in [0.3, 0.4) is 0 Å². The molecule has 0 aliphatic carbocycles. The van der Waals surface area contributed by atoms with Crippen molar-refractivity contribution in [3.8, 4) is 0 Å². The van der Waals surface area contributed by atoms with Crippen LogP contribution in [0.1, 0.15) is 0 Å². The molecule has 9 aromatic carbocycles. The van der Waals surface area contributed by atoms with Gasteiger partial charge in [0.15, 0.2) is 0 Å². The number of nitrogens with zero attached hydrogens (tertiary/aromatic N) is 1.